The molecular formula is C39H26N2O. The van der Waals surface area contributed by atoms with E-state index in [2.05, 4.69) is 138 Å². The minimum absolute atomic E-state index is 0.765. The Balaban J connectivity index is 1.35. The number of fused-ring (bicyclic) bond motifs is 5. The fourth-order valence-corrected chi connectivity index (χ4v) is 5.86. The number of hydrogen-bond acceptors (Lipinski definition) is 3. The Kier molecular flexibility index (Phi) is 5.79. The van der Waals surface area contributed by atoms with Crippen molar-refractivity contribution in [3.05, 3.63) is 158 Å². The van der Waals surface area contributed by atoms with Gasteiger partial charge in [0, 0.05) is 28.3 Å². The van der Waals surface area contributed by atoms with E-state index in [1.54, 1.807) is 0 Å². The second kappa shape index (κ2) is 10.1. The van der Waals surface area contributed by atoms with Gasteiger partial charge >= 0.3 is 0 Å². The van der Waals surface area contributed by atoms with Crippen molar-refractivity contribution in [2.75, 3.05) is 4.90 Å². The summed E-state index contributed by atoms with van der Waals surface area (Å²) in [5, 5.41) is 3.25. The molecule has 0 saturated heterocycles. The predicted molar refractivity (Wildman–Crippen MR) is 175 cm³/mol. The molecule has 0 radical (unpaired) electrons. The molecule has 0 aliphatic carbocycles. The first-order valence-electron chi connectivity index (χ1n) is 14.1. The Hall–Kier alpha value is -5.67. The molecule has 0 unspecified atom stereocenters. The van der Waals surface area contributed by atoms with Crippen molar-refractivity contribution in [2.24, 2.45) is 0 Å². The van der Waals surface area contributed by atoms with Gasteiger partial charge in [0.05, 0.1) is 5.69 Å². The van der Waals surface area contributed by atoms with Crippen LogP contribution in [0.2, 0.25) is 0 Å². The molecular weight excluding hydrogens is 512 g/mol. The first kappa shape index (κ1) is 24.2. The smallest absolute Gasteiger partial charge is 0.177 e. The molecule has 0 spiro atoms. The van der Waals surface area contributed by atoms with Crippen LogP contribution in [-0.4, -0.2) is 4.98 Å². The Morgan fingerprint density at radius 3 is 1.90 bits per heavy atom. The van der Waals surface area contributed by atoms with Crippen LogP contribution in [0.3, 0.4) is 0 Å². The van der Waals surface area contributed by atoms with Crippen LogP contribution in [0.15, 0.2) is 162 Å². The summed E-state index contributed by atoms with van der Waals surface area (Å²) in [5.41, 5.74) is 10.2. The van der Waals surface area contributed by atoms with Gasteiger partial charge in [0.2, 0.25) is 0 Å². The molecule has 0 aliphatic rings. The summed E-state index contributed by atoms with van der Waals surface area (Å²) >= 11 is 0. The SMILES string of the molecule is c1ccc(-c2ccc(N(c3cccc(-c4ccccc4)c3)c3ccnc4c3oc3c5ccccc5ccc43)cc2)cc1. The Labute approximate surface area is 243 Å². The van der Waals surface area contributed by atoms with E-state index in [4.69, 9.17) is 9.40 Å². The highest BCUT2D eigenvalue weighted by atomic mass is 16.3. The Bertz CT molecular complexity index is 2180. The van der Waals surface area contributed by atoms with Crippen molar-refractivity contribution in [1.82, 2.24) is 4.98 Å². The second-order valence-electron chi connectivity index (χ2n) is 10.4. The van der Waals surface area contributed by atoms with Crippen LogP contribution in [0.5, 0.6) is 0 Å². The fraction of sp³-hybridized carbons (Fsp3) is 0. The summed E-state index contributed by atoms with van der Waals surface area (Å²) < 4.78 is 6.72. The maximum Gasteiger partial charge on any atom is 0.177 e. The van der Waals surface area contributed by atoms with Gasteiger partial charge in [-0.2, -0.15) is 0 Å². The number of furan rings is 1. The highest BCUT2D eigenvalue weighted by molar-refractivity contribution is 6.16. The van der Waals surface area contributed by atoms with E-state index in [1.165, 1.54) is 16.7 Å². The largest absolute Gasteiger partial charge is 0.451 e. The molecule has 0 amide bonds. The Morgan fingerprint density at radius 2 is 1.12 bits per heavy atom. The number of pyridine rings is 1. The van der Waals surface area contributed by atoms with E-state index in [0.717, 1.165) is 55.5 Å². The van der Waals surface area contributed by atoms with Crippen LogP contribution in [0.25, 0.3) is 55.1 Å². The van der Waals surface area contributed by atoms with Crippen molar-refractivity contribution < 1.29 is 4.42 Å². The van der Waals surface area contributed by atoms with Gasteiger partial charge in [-0.1, -0.05) is 115 Å². The summed E-state index contributed by atoms with van der Waals surface area (Å²) in [6, 6.07) is 53.0. The normalized spacial score (nSPS) is 11.3. The third-order valence-electron chi connectivity index (χ3n) is 7.91. The van der Waals surface area contributed by atoms with Crippen molar-refractivity contribution in [3.8, 4) is 22.3 Å². The third-order valence-corrected chi connectivity index (χ3v) is 7.91. The van der Waals surface area contributed by atoms with Crippen LogP contribution >= 0.6 is 0 Å². The molecule has 42 heavy (non-hydrogen) atoms. The van der Waals surface area contributed by atoms with Crippen molar-refractivity contribution in [3.63, 3.8) is 0 Å². The average molecular weight is 539 g/mol. The van der Waals surface area contributed by atoms with Gasteiger partial charge < -0.3 is 9.32 Å². The predicted octanol–water partition coefficient (Wildman–Crippen LogP) is 10.9. The lowest BCUT2D eigenvalue weighted by Gasteiger charge is -2.26. The third kappa shape index (κ3) is 4.11. The number of benzene rings is 6. The van der Waals surface area contributed by atoms with E-state index in [1.807, 2.05) is 24.4 Å². The number of aromatic nitrogens is 1. The van der Waals surface area contributed by atoms with Gasteiger partial charge in [-0.15, -0.1) is 0 Å². The van der Waals surface area contributed by atoms with Gasteiger partial charge in [-0.25, -0.2) is 0 Å². The number of anilines is 3. The number of nitrogens with zero attached hydrogens (tertiary/aromatic N) is 2. The first-order chi connectivity index (χ1) is 20.8. The van der Waals surface area contributed by atoms with Gasteiger partial charge in [-0.05, 0) is 64.0 Å². The molecule has 0 aliphatic heterocycles. The van der Waals surface area contributed by atoms with Crippen molar-refractivity contribution in [1.29, 1.82) is 0 Å². The molecule has 2 heterocycles. The molecule has 198 valence electrons. The molecule has 0 saturated carbocycles. The quantitative estimate of drug-likeness (QED) is 0.218. The zero-order chi connectivity index (χ0) is 27.9. The van der Waals surface area contributed by atoms with E-state index < -0.39 is 0 Å². The topological polar surface area (TPSA) is 29.3 Å². The van der Waals surface area contributed by atoms with E-state index in [9.17, 15) is 0 Å². The molecule has 8 rings (SSSR count). The maximum atomic E-state index is 6.72. The summed E-state index contributed by atoms with van der Waals surface area (Å²) in [6.45, 7) is 0. The van der Waals surface area contributed by atoms with Crippen LogP contribution in [0.1, 0.15) is 0 Å². The van der Waals surface area contributed by atoms with Crippen LogP contribution in [0.4, 0.5) is 17.1 Å². The molecule has 0 atom stereocenters. The summed E-state index contributed by atoms with van der Waals surface area (Å²) in [4.78, 5) is 7.08. The summed E-state index contributed by atoms with van der Waals surface area (Å²) in [5.74, 6) is 0. The summed E-state index contributed by atoms with van der Waals surface area (Å²) in [7, 11) is 0. The van der Waals surface area contributed by atoms with Crippen LogP contribution in [0, 0.1) is 0 Å². The monoisotopic (exact) mass is 538 g/mol. The maximum absolute atomic E-state index is 6.72. The van der Waals surface area contributed by atoms with Gasteiger partial charge in [0.1, 0.15) is 11.1 Å². The summed E-state index contributed by atoms with van der Waals surface area (Å²) in [6.07, 6.45) is 1.88. The van der Waals surface area contributed by atoms with Gasteiger partial charge in [0.25, 0.3) is 0 Å². The lowest BCUT2D eigenvalue weighted by atomic mass is 10.0. The molecule has 3 heteroatoms. The average Bonchev–Trinajstić information content (AvgIpc) is 3.46. The molecule has 8 aromatic rings. The first-order valence-corrected chi connectivity index (χ1v) is 14.1. The van der Waals surface area contributed by atoms with E-state index >= 15 is 0 Å². The minimum atomic E-state index is 0.765. The standard InChI is InChI=1S/C39H26N2O/c1-3-10-27(11-4-1)29-18-21-32(22-19-29)41(33-16-9-15-31(26-33)28-12-5-2-6-13-28)36-24-25-40-37-35-23-20-30-14-7-8-17-34(30)38(35)42-39(36)37/h1-26H. The lowest BCUT2D eigenvalue weighted by Crippen LogP contribution is -2.10. The van der Waals surface area contributed by atoms with Gasteiger partial charge in [-0.3, -0.25) is 4.98 Å². The van der Waals surface area contributed by atoms with E-state index in [0.29, 0.717) is 0 Å². The van der Waals surface area contributed by atoms with Crippen molar-refractivity contribution in [2.45, 2.75) is 0 Å². The van der Waals surface area contributed by atoms with Gasteiger partial charge in [0.15, 0.2) is 5.58 Å². The molecule has 0 fully saturated rings. The zero-order valence-electron chi connectivity index (χ0n) is 22.8. The molecule has 6 aromatic carbocycles. The van der Waals surface area contributed by atoms with Crippen LogP contribution in [-0.2, 0) is 0 Å². The molecule has 0 N–H and O–H groups in total. The fourth-order valence-electron chi connectivity index (χ4n) is 5.86. The lowest BCUT2D eigenvalue weighted by molar-refractivity contribution is 0.672. The number of rotatable bonds is 5. The van der Waals surface area contributed by atoms with Crippen molar-refractivity contribution >= 4 is 49.9 Å². The zero-order valence-corrected chi connectivity index (χ0v) is 22.8. The Morgan fingerprint density at radius 1 is 0.452 bits per heavy atom. The molecule has 3 nitrogen and oxygen atoms in total. The van der Waals surface area contributed by atoms with E-state index in [-0.39, 0.29) is 0 Å². The molecule has 0 bridgehead atoms. The second-order valence-corrected chi connectivity index (χ2v) is 10.4. The highest BCUT2D eigenvalue weighted by Crippen LogP contribution is 2.43. The van der Waals surface area contributed by atoms with Crippen LogP contribution < -0.4 is 4.90 Å². The molecule has 2 aromatic heterocycles. The minimum Gasteiger partial charge on any atom is -0.451 e. The highest BCUT2D eigenvalue weighted by Gasteiger charge is 2.21. The number of hydrogen-bond donors (Lipinski definition) is 0.